The van der Waals surface area contributed by atoms with Crippen molar-refractivity contribution in [2.75, 3.05) is 7.05 Å². The fourth-order valence-electron chi connectivity index (χ4n) is 1.38. The first-order chi connectivity index (χ1) is 8.29. The number of rotatable bonds is 4. The van der Waals surface area contributed by atoms with Gasteiger partial charge in [-0.3, -0.25) is 4.79 Å². The summed E-state index contributed by atoms with van der Waals surface area (Å²) in [5, 5.41) is 4.43. The van der Waals surface area contributed by atoms with E-state index < -0.39 is 0 Å². The molecule has 2 rings (SSSR count). The summed E-state index contributed by atoms with van der Waals surface area (Å²) in [6, 6.07) is 11.7. The summed E-state index contributed by atoms with van der Waals surface area (Å²) >= 11 is 1.38. The van der Waals surface area contributed by atoms with Crippen LogP contribution in [0, 0.1) is 0 Å². The Morgan fingerprint density at radius 1 is 1.35 bits per heavy atom. The summed E-state index contributed by atoms with van der Waals surface area (Å²) < 4.78 is 5.60. The van der Waals surface area contributed by atoms with E-state index in [1.54, 1.807) is 13.1 Å². The minimum absolute atomic E-state index is 0.0791. The lowest BCUT2D eigenvalue weighted by Gasteiger charge is -2.02. The highest BCUT2D eigenvalue weighted by Crippen LogP contribution is 2.22. The first-order valence-corrected chi connectivity index (χ1v) is 6.15. The van der Waals surface area contributed by atoms with Gasteiger partial charge in [-0.2, -0.15) is 0 Å². The van der Waals surface area contributed by atoms with Gasteiger partial charge in [0.25, 0.3) is 5.91 Å². The molecule has 0 aliphatic rings. The average molecular weight is 247 g/mol. The van der Waals surface area contributed by atoms with Crippen molar-refractivity contribution in [2.45, 2.75) is 6.61 Å². The van der Waals surface area contributed by atoms with E-state index in [-0.39, 0.29) is 5.91 Å². The van der Waals surface area contributed by atoms with Crippen molar-refractivity contribution in [3.05, 3.63) is 52.2 Å². The number of carbonyl (C=O) groups is 1. The lowest BCUT2D eigenvalue weighted by molar-refractivity contribution is 0.0967. The molecule has 0 radical (unpaired) electrons. The minimum atomic E-state index is -0.0791. The number of carbonyl (C=O) groups excluding carboxylic acids is 1. The fourth-order valence-corrected chi connectivity index (χ4v) is 2.15. The SMILES string of the molecule is CNC(=O)c1cc(OCc2ccccc2)cs1. The molecule has 0 fully saturated rings. The smallest absolute Gasteiger partial charge is 0.261 e. The second-order valence-electron chi connectivity index (χ2n) is 3.50. The quantitative estimate of drug-likeness (QED) is 0.902. The summed E-state index contributed by atoms with van der Waals surface area (Å²) in [6.07, 6.45) is 0. The Morgan fingerprint density at radius 3 is 2.82 bits per heavy atom. The van der Waals surface area contributed by atoms with Crippen LogP contribution in [0.15, 0.2) is 41.8 Å². The van der Waals surface area contributed by atoms with Crippen molar-refractivity contribution in [3.8, 4) is 5.75 Å². The van der Waals surface area contributed by atoms with Gasteiger partial charge in [-0.15, -0.1) is 11.3 Å². The van der Waals surface area contributed by atoms with E-state index in [2.05, 4.69) is 5.32 Å². The van der Waals surface area contributed by atoms with Gasteiger partial charge in [-0.05, 0) is 5.56 Å². The minimum Gasteiger partial charge on any atom is -0.488 e. The van der Waals surface area contributed by atoms with Crippen molar-refractivity contribution < 1.29 is 9.53 Å². The molecule has 1 aromatic carbocycles. The zero-order chi connectivity index (χ0) is 12.1. The number of ether oxygens (including phenoxy) is 1. The Morgan fingerprint density at radius 2 is 2.12 bits per heavy atom. The van der Waals surface area contributed by atoms with Crippen molar-refractivity contribution in [1.82, 2.24) is 5.32 Å². The molecule has 17 heavy (non-hydrogen) atoms. The van der Waals surface area contributed by atoms with Gasteiger partial charge in [0.2, 0.25) is 0 Å². The number of nitrogens with one attached hydrogen (secondary N) is 1. The van der Waals surface area contributed by atoms with E-state index in [0.717, 1.165) is 11.3 Å². The molecule has 0 unspecified atom stereocenters. The predicted octanol–water partition coefficient (Wildman–Crippen LogP) is 2.69. The Labute approximate surface area is 104 Å². The molecular weight excluding hydrogens is 234 g/mol. The summed E-state index contributed by atoms with van der Waals surface area (Å²) in [6.45, 7) is 0.519. The standard InChI is InChI=1S/C13H13NO2S/c1-14-13(15)12-7-11(9-17-12)16-8-10-5-3-2-4-6-10/h2-7,9H,8H2,1H3,(H,14,15). The van der Waals surface area contributed by atoms with E-state index in [9.17, 15) is 4.79 Å². The Bertz CT molecular complexity index is 493. The molecule has 1 aromatic heterocycles. The van der Waals surface area contributed by atoms with Crippen LogP contribution in [0.3, 0.4) is 0 Å². The maximum Gasteiger partial charge on any atom is 0.261 e. The lowest BCUT2D eigenvalue weighted by atomic mass is 10.2. The van der Waals surface area contributed by atoms with Crippen molar-refractivity contribution in [2.24, 2.45) is 0 Å². The van der Waals surface area contributed by atoms with Crippen LogP contribution < -0.4 is 10.1 Å². The van der Waals surface area contributed by atoms with Gasteiger partial charge in [-0.1, -0.05) is 30.3 Å². The van der Waals surface area contributed by atoms with E-state index in [4.69, 9.17) is 4.74 Å². The molecule has 0 atom stereocenters. The third-order valence-electron chi connectivity index (χ3n) is 2.27. The number of hydrogen-bond acceptors (Lipinski definition) is 3. The topological polar surface area (TPSA) is 38.3 Å². The predicted molar refractivity (Wildman–Crippen MR) is 68.5 cm³/mol. The van der Waals surface area contributed by atoms with Crippen LogP contribution in [0.1, 0.15) is 15.2 Å². The fraction of sp³-hybridized carbons (Fsp3) is 0.154. The summed E-state index contributed by atoms with van der Waals surface area (Å²) in [4.78, 5) is 12.0. The molecule has 1 heterocycles. The van der Waals surface area contributed by atoms with Gasteiger partial charge in [0.05, 0.1) is 4.88 Å². The molecule has 0 saturated carbocycles. The van der Waals surface area contributed by atoms with E-state index in [1.165, 1.54) is 11.3 Å². The molecular formula is C13H13NO2S. The molecule has 0 spiro atoms. The second-order valence-corrected chi connectivity index (χ2v) is 4.41. The average Bonchev–Trinajstić information content (AvgIpc) is 2.85. The maximum absolute atomic E-state index is 11.3. The van der Waals surface area contributed by atoms with Crippen LogP contribution in [0.2, 0.25) is 0 Å². The third-order valence-corrected chi connectivity index (χ3v) is 3.18. The molecule has 0 aliphatic carbocycles. The molecule has 3 nitrogen and oxygen atoms in total. The highest BCUT2D eigenvalue weighted by Gasteiger charge is 2.07. The number of thiophene rings is 1. The summed E-state index contributed by atoms with van der Waals surface area (Å²) in [5.74, 6) is 0.655. The molecule has 0 saturated heterocycles. The van der Waals surface area contributed by atoms with Crippen LogP contribution in [0.5, 0.6) is 5.75 Å². The van der Waals surface area contributed by atoms with Gasteiger partial charge in [0.1, 0.15) is 12.4 Å². The molecule has 88 valence electrons. The van der Waals surface area contributed by atoms with Crippen molar-refractivity contribution in [3.63, 3.8) is 0 Å². The number of benzene rings is 1. The molecule has 0 bridgehead atoms. The third kappa shape index (κ3) is 3.07. The maximum atomic E-state index is 11.3. The normalized spacial score (nSPS) is 9.94. The van der Waals surface area contributed by atoms with Crippen molar-refractivity contribution >= 4 is 17.2 Å². The molecule has 2 aromatic rings. The van der Waals surface area contributed by atoms with Gasteiger partial charge in [0.15, 0.2) is 0 Å². The molecule has 1 amide bonds. The van der Waals surface area contributed by atoms with E-state index in [1.807, 2.05) is 35.7 Å². The van der Waals surface area contributed by atoms with E-state index >= 15 is 0 Å². The second kappa shape index (κ2) is 5.50. The monoisotopic (exact) mass is 247 g/mol. The van der Waals surface area contributed by atoms with Crippen molar-refractivity contribution in [1.29, 1.82) is 0 Å². The summed E-state index contributed by atoms with van der Waals surface area (Å²) in [7, 11) is 1.62. The number of amides is 1. The zero-order valence-electron chi connectivity index (χ0n) is 9.47. The van der Waals surface area contributed by atoms with Crippen LogP contribution in [0.4, 0.5) is 0 Å². The van der Waals surface area contributed by atoms with Gasteiger partial charge in [-0.25, -0.2) is 0 Å². The molecule has 4 heteroatoms. The van der Waals surface area contributed by atoms with Crippen LogP contribution >= 0.6 is 11.3 Å². The van der Waals surface area contributed by atoms with Crippen LogP contribution in [0.25, 0.3) is 0 Å². The largest absolute Gasteiger partial charge is 0.488 e. The van der Waals surface area contributed by atoms with Gasteiger partial charge in [0, 0.05) is 18.5 Å². The Hall–Kier alpha value is -1.81. The summed E-state index contributed by atoms with van der Waals surface area (Å²) in [5.41, 5.74) is 1.11. The van der Waals surface area contributed by atoms with Crippen LogP contribution in [-0.2, 0) is 6.61 Å². The zero-order valence-corrected chi connectivity index (χ0v) is 10.3. The Balaban J connectivity index is 1.96. The van der Waals surface area contributed by atoms with E-state index in [0.29, 0.717) is 11.5 Å². The Kier molecular flexibility index (Phi) is 3.77. The molecule has 0 aliphatic heterocycles. The van der Waals surface area contributed by atoms with Gasteiger partial charge >= 0.3 is 0 Å². The number of hydrogen-bond donors (Lipinski definition) is 1. The van der Waals surface area contributed by atoms with Crippen LogP contribution in [-0.4, -0.2) is 13.0 Å². The highest BCUT2D eigenvalue weighted by atomic mass is 32.1. The first kappa shape index (κ1) is 11.7. The first-order valence-electron chi connectivity index (χ1n) is 5.27. The molecule has 1 N–H and O–H groups in total. The highest BCUT2D eigenvalue weighted by molar-refractivity contribution is 7.12. The lowest BCUT2D eigenvalue weighted by Crippen LogP contribution is -2.16. The van der Waals surface area contributed by atoms with Gasteiger partial charge < -0.3 is 10.1 Å².